The molecule has 0 bridgehead atoms. The van der Waals surface area contributed by atoms with Crippen LogP contribution < -0.4 is 5.32 Å². The summed E-state index contributed by atoms with van der Waals surface area (Å²) in [7, 11) is 0. The van der Waals surface area contributed by atoms with Crippen LogP contribution in [-0.2, 0) is 4.79 Å². The quantitative estimate of drug-likeness (QED) is 0.469. The van der Waals surface area contributed by atoms with Gasteiger partial charge in [-0.3, -0.25) is 4.79 Å². The Balaban J connectivity index is 1.53. The van der Waals surface area contributed by atoms with E-state index in [2.05, 4.69) is 37.4 Å². The number of anilines is 1. The van der Waals surface area contributed by atoms with E-state index in [1.165, 1.54) is 5.56 Å². The fourth-order valence-electron chi connectivity index (χ4n) is 4.12. The lowest BCUT2D eigenvalue weighted by Gasteiger charge is -2.10. The van der Waals surface area contributed by atoms with Crippen molar-refractivity contribution in [1.29, 1.82) is 0 Å². The summed E-state index contributed by atoms with van der Waals surface area (Å²) in [4.78, 5) is 12.9. The number of carbonyl (C=O) groups is 1. The standard InChI is InChI=1S/C25H23Cl2NO/c1-14-4-6-17(7-5-14)21-13-20(8-9-22(21)27)28-25(29)24-16(3)23(24)18-10-15(2)11-19(26)12-18/h4-13,16,23-24H,1-3H3,(H,28,29). The zero-order valence-electron chi connectivity index (χ0n) is 16.7. The summed E-state index contributed by atoms with van der Waals surface area (Å²) >= 11 is 12.6. The predicted octanol–water partition coefficient (Wildman–Crippen LogP) is 7.27. The third-order valence-corrected chi connectivity index (χ3v) is 6.28. The Hall–Kier alpha value is -2.29. The Bertz CT molecular complexity index is 1050. The Kier molecular flexibility index (Phi) is 5.42. The molecule has 2 nitrogen and oxygen atoms in total. The maximum absolute atomic E-state index is 12.9. The Morgan fingerprint density at radius 3 is 2.31 bits per heavy atom. The second kappa shape index (κ2) is 7.85. The maximum Gasteiger partial charge on any atom is 0.228 e. The van der Waals surface area contributed by atoms with Crippen molar-refractivity contribution < 1.29 is 4.79 Å². The number of rotatable bonds is 4. The highest BCUT2D eigenvalue weighted by Crippen LogP contribution is 2.54. The van der Waals surface area contributed by atoms with Gasteiger partial charge in [0.1, 0.15) is 0 Å². The molecule has 0 heterocycles. The predicted molar refractivity (Wildman–Crippen MR) is 122 cm³/mol. The molecule has 4 rings (SSSR count). The van der Waals surface area contributed by atoms with Crippen LogP contribution in [0.5, 0.6) is 0 Å². The van der Waals surface area contributed by atoms with Crippen LogP contribution in [0, 0.1) is 25.7 Å². The van der Waals surface area contributed by atoms with Crippen LogP contribution in [0.2, 0.25) is 10.0 Å². The zero-order valence-corrected chi connectivity index (χ0v) is 18.2. The van der Waals surface area contributed by atoms with Crippen LogP contribution in [0.25, 0.3) is 11.1 Å². The minimum atomic E-state index is -0.0497. The third-order valence-electron chi connectivity index (χ3n) is 5.73. The van der Waals surface area contributed by atoms with Crippen molar-refractivity contribution in [1.82, 2.24) is 0 Å². The van der Waals surface area contributed by atoms with Crippen LogP contribution in [0.4, 0.5) is 5.69 Å². The van der Waals surface area contributed by atoms with E-state index in [1.54, 1.807) is 0 Å². The molecule has 3 atom stereocenters. The van der Waals surface area contributed by atoms with E-state index in [0.717, 1.165) is 33.0 Å². The number of hydrogen-bond acceptors (Lipinski definition) is 1. The van der Waals surface area contributed by atoms with Crippen LogP contribution in [0.15, 0.2) is 60.7 Å². The van der Waals surface area contributed by atoms with Crippen LogP contribution in [-0.4, -0.2) is 5.91 Å². The van der Waals surface area contributed by atoms with E-state index in [1.807, 2.05) is 49.4 Å². The first-order chi connectivity index (χ1) is 13.8. The lowest BCUT2D eigenvalue weighted by molar-refractivity contribution is -0.117. The fourth-order valence-corrected chi connectivity index (χ4v) is 4.64. The maximum atomic E-state index is 12.9. The van der Waals surface area contributed by atoms with Gasteiger partial charge in [-0.2, -0.15) is 0 Å². The smallest absolute Gasteiger partial charge is 0.228 e. The van der Waals surface area contributed by atoms with Gasteiger partial charge in [0.15, 0.2) is 0 Å². The van der Waals surface area contributed by atoms with Crippen molar-refractivity contribution in [3.63, 3.8) is 0 Å². The van der Waals surface area contributed by atoms with Gasteiger partial charge in [-0.05, 0) is 72.7 Å². The topological polar surface area (TPSA) is 29.1 Å². The lowest BCUT2D eigenvalue weighted by Crippen LogP contribution is -2.15. The summed E-state index contributed by atoms with van der Waals surface area (Å²) in [6.45, 7) is 6.19. The molecular weight excluding hydrogens is 401 g/mol. The van der Waals surface area contributed by atoms with Gasteiger partial charge in [0.25, 0.3) is 0 Å². The summed E-state index contributed by atoms with van der Waals surface area (Å²) in [5.74, 6) is 0.483. The number of amides is 1. The molecule has 0 spiro atoms. The molecular formula is C25H23Cl2NO. The van der Waals surface area contributed by atoms with Crippen molar-refractivity contribution in [2.24, 2.45) is 11.8 Å². The molecule has 1 aliphatic rings. The Morgan fingerprint density at radius 2 is 1.62 bits per heavy atom. The minimum Gasteiger partial charge on any atom is -0.326 e. The van der Waals surface area contributed by atoms with E-state index < -0.39 is 0 Å². The van der Waals surface area contributed by atoms with Crippen molar-refractivity contribution in [3.8, 4) is 11.1 Å². The van der Waals surface area contributed by atoms with E-state index >= 15 is 0 Å². The molecule has 4 heteroatoms. The number of nitrogens with one attached hydrogen (secondary N) is 1. The molecule has 1 fully saturated rings. The summed E-state index contributed by atoms with van der Waals surface area (Å²) in [5.41, 5.74) is 6.15. The van der Waals surface area contributed by atoms with Crippen LogP contribution >= 0.6 is 23.2 Å². The average Bonchev–Trinajstić information content (AvgIpc) is 3.34. The van der Waals surface area contributed by atoms with Crippen molar-refractivity contribution in [2.45, 2.75) is 26.7 Å². The number of benzene rings is 3. The molecule has 1 amide bonds. The van der Waals surface area contributed by atoms with Gasteiger partial charge in [-0.15, -0.1) is 0 Å². The normalized spacial score (nSPS) is 20.4. The molecule has 3 aromatic rings. The van der Waals surface area contributed by atoms with Crippen molar-refractivity contribution in [3.05, 3.63) is 87.4 Å². The van der Waals surface area contributed by atoms with E-state index in [4.69, 9.17) is 23.2 Å². The molecule has 148 valence electrons. The molecule has 0 aliphatic heterocycles. The SMILES string of the molecule is Cc1ccc(-c2cc(NC(=O)C3C(C)C3c3cc(C)cc(Cl)c3)ccc2Cl)cc1. The van der Waals surface area contributed by atoms with Crippen molar-refractivity contribution in [2.75, 3.05) is 5.32 Å². The molecule has 1 saturated carbocycles. The largest absolute Gasteiger partial charge is 0.326 e. The van der Waals surface area contributed by atoms with Crippen molar-refractivity contribution >= 4 is 34.8 Å². The summed E-state index contributed by atoms with van der Waals surface area (Å²) in [6, 6.07) is 19.9. The number of carbonyl (C=O) groups excluding carboxylic acids is 1. The van der Waals surface area contributed by atoms with Gasteiger partial charge in [-0.25, -0.2) is 0 Å². The highest BCUT2D eigenvalue weighted by molar-refractivity contribution is 6.33. The van der Waals surface area contributed by atoms with E-state index in [-0.39, 0.29) is 23.7 Å². The number of halogens is 2. The first-order valence-electron chi connectivity index (χ1n) is 9.78. The molecule has 0 radical (unpaired) electrons. The molecule has 1 N–H and O–H groups in total. The second-order valence-corrected chi connectivity index (χ2v) is 8.87. The van der Waals surface area contributed by atoms with Gasteiger partial charge in [0.05, 0.1) is 0 Å². The first-order valence-corrected chi connectivity index (χ1v) is 10.5. The average molecular weight is 424 g/mol. The molecule has 29 heavy (non-hydrogen) atoms. The number of hydrogen-bond donors (Lipinski definition) is 1. The Labute approximate surface area is 181 Å². The minimum absolute atomic E-state index is 0.0392. The van der Waals surface area contributed by atoms with Crippen LogP contribution in [0.3, 0.4) is 0 Å². The zero-order chi connectivity index (χ0) is 20.7. The van der Waals surface area contributed by atoms with Gasteiger partial charge in [-0.1, -0.05) is 66.0 Å². The van der Waals surface area contributed by atoms with Gasteiger partial charge >= 0.3 is 0 Å². The summed E-state index contributed by atoms with van der Waals surface area (Å²) < 4.78 is 0. The van der Waals surface area contributed by atoms with Gasteiger partial charge in [0, 0.05) is 27.2 Å². The summed E-state index contributed by atoms with van der Waals surface area (Å²) in [5, 5.41) is 4.47. The van der Waals surface area contributed by atoms with E-state index in [9.17, 15) is 4.79 Å². The lowest BCUT2D eigenvalue weighted by atomic mass is 10.0. The monoisotopic (exact) mass is 423 g/mol. The van der Waals surface area contributed by atoms with Gasteiger partial charge in [0.2, 0.25) is 5.91 Å². The van der Waals surface area contributed by atoms with Gasteiger partial charge < -0.3 is 5.32 Å². The fraction of sp³-hybridized carbons (Fsp3) is 0.240. The Morgan fingerprint density at radius 1 is 0.897 bits per heavy atom. The number of aryl methyl sites for hydroxylation is 2. The highest BCUT2D eigenvalue weighted by Gasteiger charge is 2.52. The third kappa shape index (κ3) is 4.19. The molecule has 1 aliphatic carbocycles. The highest BCUT2D eigenvalue weighted by atomic mass is 35.5. The second-order valence-electron chi connectivity index (χ2n) is 8.02. The van der Waals surface area contributed by atoms with Crippen LogP contribution in [0.1, 0.15) is 29.5 Å². The first kappa shape index (κ1) is 20.0. The molecule has 0 aromatic heterocycles. The van der Waals surface area contributed by atoms with E-state index in [0.29, 0.717) is 5.02 Å². The molecule has 3 unspecified atom stereocenters. The summed E-state index contributed by atoms with van der Waals surface area (Å²) in [6.07, 6.45) is 0. The molecule has 3 aromatic carbocycles. The molecule has 0 saturated heterocycles.